The molecule has 3 rings (SSSR count). The Kier molecular flexibility index (Phi) is 5.39. The Labute approximate surface area is 149 Å². The molecule has 1 N–H and O–H groups in total. The van der Waals surface area contributed by atoms with Crippen molar-refractivity contribution in [2.24, 2.45) is 5.41 Å². The van der Waals surface area contributed by atoms with Crippen LogP contribution in [0.25, 0.3) is 11.1 Å². The molecule has 2 aromatic rings. The zero-order chi connectivity index (χ0) is 17.7. The third kappa shape index (κ3) is 4.40. The van der Waals surface area contributed by atoms with E-state index in [9.17, 15) is 4.79 Å². The van der Waals surface area contributed by atoms with Gasteiger partial charge in [-0.1, -0.05) is 24.3 Å². The van der Waals surface area contributed by atoms with Gasteiger partial charge in [0.25, 0.3) is 5.91 Å². The van der Waals surface area contributed by atoms with Crippen LogP contribution in [0.5, 0.6) is 5.75 Å². The molecule has 0 aliphatic heterocycles. The number of amides is 1. The van der Waals surface area contributed by atoms with E-state index in [0.29, 0.717) is 25.3 Å². The summed E-state index contributed by atoms with van der Waals surface area (Å²) >= 11 is 0. The predicted octanol–water partition coefficient (Wildman–Crippen LogP) is 3.91. The maximum atomic E-state index is 12.5. The van der Waals surface area contributed by atoms with E-state index < -0.39 is 0 Å². The van der Waals surface area contributed by atoms with Crippen molar-refractivity contribution in [1.29, 1.82) is 0 Å². The van der Waals surface area contributed by atoms with E-state index in [0.717, 1.165) is 29.7 Å². The van der Waals surface area contributed by atoms with Crippen molar-refractivity contribution in [3.8, 4) is 16.9 Å². The summed E-state index contributed by atoms with van der Waals surface area (Å²) in [6.07, 6.45) is 2.24. The van der Waals surface area contributed by atoms with Gasteiger partial charge in [0.05, 0.1) is 13.2 Å². The van der Waals surface area contributed by atoms with E-state index in [4.69, 9.17) is 9.47 Å². The summed E-state index contributed by atoms with van der Waals surface area (Å²) in [5.41, 5.74) is 2.92. The molecule has 0 aromatic heterocycles. The molecular weight excluding hydrogens is 314 g/mol. The number of hydrogen-bond donors (Lipinski definition) is 1. The fourth-order valence-corrected chi connectivity index (χ4v) is 2.98. The second-order valence-electron chi connectivity index (χ2n) is 6.65. The molecule has 1 aliphatic rings. The monoisotopic (exact) mass is 339 g/mol. The molecule has 0 atom stereocenters. The minimum atomic E-state index is -0.0323. The van der Waals surface area contributed by atoms with Gasteiger partial charge in [-0.15, -0.1) is 0 Å². The molecule has 1 aliphatic carbocycles. The van der Waals surface area contributed by atoms with Crippen LogP contribution in [0.1, 0.15) is 30.1 Å². The number of methoxy groups -OCH3 is 1. The van der Waals surface area contributed by atoms with Crippen LogP contribution in [0.3, 0.4) is 0 Å². The summed E-state index contributed by atoms with van der Waals surface area (Å²) in [4.78, 5) is 12.5. The highest BCUT2D eigenvalue weighted by atomic mass is 16.5. The number of nitrogens with one attached hydrogen (secondary N) is 1. The molecule has 1 amide bonds. The van der Waals surface area contributed by atoms with Crippen LogP contribution in [0.4, 0.5) is 0 Å². The molecule has 132 valence electrons. The maximum absolute atomic E-state index is 12.5. The molecule has 4 heteroatoms. The number of rotatable bonds is 8. The van der Waals surface area contributed by atoms with Gasteiger partial charge in [-0.05, 0) is 55.2 Å². The molecule has 2 aromatic carbocycles. The van der Waals surface area contributed by atoms with Gasteiger partial charge in [0, 0.05) is 24.6 Å². The normalized spacial score (nSPS) is 14.8. The van der Waals surface area contributed by atoms with Gasteiger partial charge in [0.2, 0.25) is 0 Å². The van der Waals surface area contributed by atoms with Crippen LogP contribution in [-0.4, -0.2) is 32.8 Å². The zero-order valence-corrected chi connectivity index (χ0v) is 14.9. The van der Waals surface area contributed by atoms with E-state index in [2.05, 4.69) is 5.32 Å². The van der Waals surface area contributed by atoms with Crippen molar-refractivity contribution in [3.63, 3.8) is 0 Å². The van der Waals surface area contributed by atoms with Crippen LogP contribution in [0.2, 0.25) is 0 Å². The Balaban J connectivity index is 1.67. The minimum absolute atomic E-state index is 0.0323. The van der Waals surface area contributed by atoms with Gasteiger partial charge in [-0.2, -0.15) is 0 Å². The lowest BCUT2D eigenvalue weighted by atomic mass is 10.0. The SMILES string of the molecule is CCOc1ccc(-c2cccc(C(=O)NCC3(COC)CC3)c2)cc1. The molecule has 0 spiro atoms. The highest BCUT2D eigenvalue weighted by Gasteiger charge is 2.42. The molecule has 1 saturated carbocycles. The van der Waals surface area contributed by atoms with Crippen molar-refractivity contribution >= 4 is 5.91 Å². The third-order valence-corrected chi connectivity index (χ3v) is 4.65. The first-order valence-electron chi connectivity index (χ1n) is 8.76. The van der Waals surface area contributed by atoms with Crippen molar-refractivity contribution < 1.29 is 14.3 Å². The van der Waals surface area contributed by atoms with Crippen LogP contribution in [-0.2, 0) is 4.74 Å². The summed E-state index contributed by atoms with van der Waals surface area (Å²) in [6.45, 7) is 4.00. The highest BCUT2D eigenvalue weighted by molar-refractivity contribution is 5.95. The molecule has 4 nitrogen and oxygen atoms in total. The summed E-state index contributed by atoms with van der Waals surface area (Å²) in [5, 5.41) is 3.05. The van der Waals surface area contributed by atoms with E-state index in [-0.39, 0.29) is 11.3 Å². The van der Waals surface area contributed by atoms with Crippen LogP contribution < -0.4 is 10.1 Å². The first-order chi connectivity index (χ1) is 12.2. The largest absolute Gasteiger partial charge is 0.494 e. The van der Waals surface area contributed by atoms with E-state index in [1.54, 1.807) is 7.11 Å². The first-order valence-corrected chi connectivity index (χ1v) is 8.76. The molecule has 0 bridgehead atoms. The number of ether oxygens (including phenoxy) is 2. The van der Waals surface area contributed by atoms with Crippen molar-refractivity contribution in [3.05, 3.63) is 54.1 Å². The molecule has 0 unspecified atom stereocenters. The van der Waals surface area contributed by atoms with Gasteiger partial charge in [-0.25, -0.2) is 0 Å². The van der Waals surface area contributed by atoms with Crippen LogP contribution in [0.15, 0.2) is 48.5 Å². The predicted molar refractivity (Wildman–Crippen MR) is 98.9 cm³/mol. The standard InChI is InChI=1S/C21H25NO3/c1-3-25-19-9-7-16(8-10-19)17-5-4-6-18(13-17)20(23)22-14-21(11-12-21)15-24-2/h4-10,13H,3,11-12,14-15H2,1-2H3,(H,22,23). The molecule has 0 radical (unpaired) electrons. The minimum Gasteiger partial charge on any atom is -0.494 e. The Bertz CT molecular complexity index is 720. The molecule has 25 heavy (non-hydrogen) atoms. The van der Waals surface area contributed by atoms with Gasteiger partial charge < -0.3 is 14.8 Å². The summed E-state index contributed by atoms with van der Waals surface area (Å²) < 4.78 is 10.7. The molecule has 0 heterocycles. The number of benzene rings is 2. The van der Waals surface area contributed by atoms with Crippen molar-refractivity contribution in [1.82, 2.24) is 5.32 Å². The van der Waals surface area contributed by atoms with Gasteiger partial charge >= 0.3 is 0 Å². The lowest BCUT2D eigenvalue weighted by Gasteiger charge is -2.15. The Morgan fingerprint density at radius 3 is 2.52 bits per heavy atom. The average molecular weight is 339 g/mol. The summed E-state index contributed by atoms with van der Waals surface area (Å²) in [5.74, 6) is 0.822. The van der Waals surface area contributed by atoms with Gasteiger partial charge in [-0.3, -0.25) is 4.79 Å². The fraction of sp³-hybridized carbons (Fsp3) is 0.381. The maximum Gasteiger partial charge on any atom is 0.251 e. The number of carbonyl (C=O) groups is 1. The Morgan fingerprint density at radius 1 is 1.12 bits per heavy atom. The molecule has 0 saturated heterocycles. The summed E-state index contributed by atoms with van der Waals surface area (Å²) in [6, 6.07) is 15.6. The smallest absolute Gasteiger partial charge is 0.251 e. The quantitative estimate of drug-likeness (QED) is 0.793. The van der Waals surface area contributed by atoms with Crippen LogP contribution in [0, 0.1) is 5.41 Å². The zero-order valence-electron chi connectivity index (χ0n) is 14.9. The van der Waals surface area contributed by atoms with Gasteiger partial charge in [0.15, 0.2) is 0 Å². The second kappa shape index (κ2) is 7.70. The number of carbonyl (C=O) groups excluding carboxylic acids is 1. The third-order valence-electron chi connectivity index (χ3n) is 4.65. The van der Waals surface area contributed by atoms with Crippen molar-refractivity contribution in [2.45, 2.75) is 19.8 Å². The lowest BCUT2D eigenvalue weighted by molar-refractivity contribution is 0.0919. The van der Waals surface area contributed by atoms with E-state index in [1.807, 2.05) is 55.5 Å². The number of hydrogen-bond acceptors (Lipinski definition) is 3. The molecular formula is C21H25NO3. The van der Waals surface area contributed by atoms with E-state index >= 15 is 0 Å². The Morgan fingerprint density at radius 2 is 1.88 bits per heavy atom. The van der Waals surface area contributed by atoms with E-state index in [1.165, 1.54) is 0 Å². The summed E-state index contributed by atoms with van der Waals surface area (Å²) in [7, 11) is 1.71. The first kappa shape index (κ1) is 17.5. The average Bonchev–Trinajstić information content (AvgIpc) is 3.41. The van der Waals surface area contributed by atoms with Crippen LogP contribution >= 0.6 is 0 Å². The second-order valence-corrected chi connectivity index (χ2v) is 6.65. The van der Waals surface area contributed by atoms with Crippen molar-refractivity contribution in [2.75, 3.05) is 26.9 Å². The fourth-order valence-electron chi connectivity index (χ4n) is 2.98. The van der Waals surface area contributed by atoms with Gasteiger partial charge in [0.1, 0.15) is 5.75 Å². The topological polar surface area (TPSA) is 47.6 Å². The Hall–Kier alpha value is -2.33. The lowest BCUT2D eigenvalue weighted by Crippen LogP contribution is -2.32. The highest BCUT2D eigenvalue weighted by Crippen LogP contribution is 2.45. The molecule has 1 fully saturated rings.